The van der Waals surface area contributed by atoms with Crippen LogP contribution in [0.25, 0.3) is 0 Å². The lowest BCUT2D eigenvalue weighted by molar-refractivity contribution is 0.0468. The summed E-state index contributed by atoms with van der Waals surface area (Å²) in [5.41, 5.74) is 0.906. The fourth-order valence-electron chi connectivity index (χ4n) is 3.45. The minimum absolute atomic E-state index is 0.409. The quantitative estimate of drug-likeness (QED) is 0.291. The van der Waals surface area contributed by atoms with Crippen LogP contribution in [0, 0.1) is 0 Å². The van der Waals surface area contributed by atoms with Gasteiger partial charge in [0.25, 0.3) is 0 Å². The fraction of sp³-hybridized carbons (Fsp3) is 0.667. The van der Waals surface area contributed by atoms with E-state index in [4.69, 9.17) is 18.9 Å². The summed E-state index contributed by atoms with van der Waals surface area (Å²) in [6, 6.07) is 3.69. The first-order valence-electron chi connectivity index (χ1n) is 10.1. The number of aliphatic imine (C=N–C) groups is 1. The third kappa shape index (κ3) is 6.78. The lowest BCUT2D eigenvalue weighted by Crippen LogP contribution is -2.39. The Morgan fingerprint density at radius 3 is 2.14 bits per heavy atom. The number of ether oxygens (including phenoxy) is 4. The third-order valence-electron chi connectivity index (χ3n) is 5.02. The van der Waals surface area contributed by atoms with Crippen LogP contribution in [0.5, 0.6) is 17.2 Å². The van der Waals surface area contributed by atoms with Gasteiger partial charge in [0.15, 0.2) is 5.96 Å². The van der Waals surface area contributed by atoms with Crippen LogP contribution in [-0.4, -0.2) is 53.6 Å². The normalized spacial score (nSPS) is 15.6. The Bertz CT molecular complexity index is 589. The molecule has 0 unspecified atom stereocenters. The molecule has 0 saturated heterocycles. The van der Waals surface area contributed by atoms with Gasteiger partial charge in [-0.15, -0.1) is 0 Å². The molecule has 0 heterocycles. The molecule has 7 nitrogen and oxygen atoms in total. The number of hydrogen-bond donors (Lipinski definition) is 2. The summed E-state index contributed by atoms with van der Waals surface area (Å²) in [4.78, 5) is 4.28. The van der Waals surface area contributed by atoms with E-state index >= 15 is 0 Å². The van der Waals surface area contributed by atoms with Crippen molar-refractivity contribution in [3.8, 4) is 17.2 Å². The van der Waals surface area contributed by atoms with E-state index in [1.54, 1.807) is 28.4 Å². The van der Waals surface area contributed by atoms with Crippen LogP contribution in [0.1, 0.15) is 44.1 Å². The standard InChI is InChI=1S/C21H35N3O4/c1-22-21(23-11-12-28-16-9-7-5-6-8-10-16)24-15-18-19(26-3)13-17(25-2)14-20(18)27-4/h13-14,16H,5-12,15H2,1-4H3,(H2,22,23,24). The van der Waals surface area contributed by atoms with Gasteiger partial charge in [-0.05, 0) is 12.8 Å². The molecule has 1 saturated carbocycles. The van der Waals surface area contributed by atoms with Gasteiger partial charge in [-0.25, -0.2) is 0 Å². The highest BCUT2D eigenvalue weighted by molar-refractivity contribution is 5.79. The average Bonchev–Trinajstić information content (AvgIpc) is 3.01. The molecule has 2 rings (SSSR count). The molecule has 158 valence electrons. The van der Waals surface area contributed by atoms with Crippen LogP contribution in [0.4, 0.5) is 0 Å². The van der Waals surface area contributed by atoms with Crippen molar-refractivity contribution in [2.75, 3.05) is 41.5 Å². The van der Waals surface area contributed by atoms with E-state index in [1.165, 1.54) is 38.5 Å². The number of benzene rings is 1. The molecule has 28 heavy (non-hydrogen) atoms. The lowest BCUT2D eigenvalue weighted by atomic mass is 10.1. The van der Waals surface area contributed by atoms with Gasteiger partial charge in [0.2, 0.25) is 0 Å². The minimum Gasteiger partial charge on any atom is -0.496 e. The Balaban J connectivity index is 1.83. The molecule has 1 aromatic carbocycles. The van der Waals surface area contributed by atoms with Crippen LogP contribution in [0.3, 0.4) is 0 Å². The zero-order valence-corrected chi connectivity index (χ0v) is 17.7. The second-order valence-electron chi connectivity index (χ2n) is 6.85. The van der Waals surface area contributed by atoms with Gasteiger partial charge in [-0.1, -0.05) is 25.7 Å². The van der Waals surface area contributed by atoms with E-state index in [0.29, 0.717) is 49.0 Å². The van der Waals surface area contributed by atoms with Crippen molar-refractivity contribution in [2.45, 2.75) is 51.2 Å². The van der Waals surface area contributed by atoms with Gasteiger partial charge < -0.3 is 29.6 Å². The predicted octanol–water partition coefficient (Wildman–Crippen LogP) is 3.12. The number of guanidine groups is 1. The molecular formula is C21H35N3O4. The van der Waals surface area contributed by atoms with E-state index in [9.17, 15) is 0 Å². The Kier molecular flexibility index (Phi) is 9.76. The van der Waals surface area contributed by atoms with Crippen LogP contribution < -0.4 is 24.8 Å². The van der Waals surface area contributed by atoms with Crippen LogP contribution >= 0.6 is 0 Å². The first-order valence-corrected chi connectivity index (χ1v) is 10.1. The second-order valence-corrected chi connectivity index (χ2v) is 6.85. The molecule has 7 heteroatoms. The smallest absolute Gasteiger partial charge is 0.191 e. The van der Waals surface area contributed by atoms with Crippen molar-refractivity contribution < 1.29 is 18.9 Å². The molecule has 1 aliphatic rings. The Morgan fingerprint density at radius 2 is 1.61 bits per heavy atom. The molecule has 0 atom stereocenters. The molecule has 0 bridgehead atoms. The van der Waals surface area contributed by atoms with Crippen molar-refractivity contribution >= 4 is 5.96 Å². The highest BCUT2D eigenvalue weighted by Crippen LogP contribution is 2.33. The zero-order valence-electron chi connectivity index (χ0n) is 17.7. The molecule has 0 aliphatic heterocycles. The maximum Gasteiger partial charge on any atom is 0.191 e. The summed E-state index contributed by atoms with van der Waals surface area (Å²) in [5, 5.41) is 6.60. The van der Waals surface area contributed by atoms with Crippen molar-refractivity contribution in [1.82, 2.24) is 10.6 Å². The van der Waals surface area contributed by atoms with Crippen molar-refractivity contribution in [1.29, 1.82) is 0 Å². The monoisotopic (exact) mass is 393 g/mol. The number of hydrogen-bond acceptors (Lipinski definition) is 5. The van der Waals surface area contributed by atoms with Crippen LogP contribution in [0.2, 0.25) is 0 Å². The van der Waals surface area contributed by atoms with Crippen LogP contribution in [0.15, 0.2) is 17.1 Å². The molecule has 0 spiro atoms. The lowest BCUT2D eigenvalue weighted by Gasteiger charge is -2.18. The third-order valence-corrected chi connectivity index (χ3v) is 5.02. The van der Waals surface area contributed by atoms with Gasteiger partial charge in [-0.2, -0.15) is 0 Å². The van der Waals surface area contributed by atoms with E-state index in [2.05, 4.69) is 15.6 Å². The second kappa shape index (κ2) is 12.3. The number of rotatable bonds is 9. The molecule has 1 aliphatic carbocycles. The SMILES string of the molecule is CN=C(NCCOC1CCCCCC1)NCc1c(OC)cc(OC)cc1OC. The van der Waals surface area contributed by atoms with E-state index in [1.807, 2.05) is 12.1 Å². The highest BCUT2D eigenvalue weighted by atomic mass is 16.5. The molecule has 0 aromatic heterocycles. The summed E-state index contributed by atoms with van der Waals surface area (Å²) in [7, 11) is 6.64. The molecule has 1 aromatic rings. The number of nitrogens with one attached hydrogen (secondary N) is 2. The average molecular weight is 394 g/mol. The van der Waals surface area contributed by atoms with Gasteiger partial charge >= 0.3 is 0 Å². The summed E-state index contributed by atoms with van der Waals surface area (Å²) in [6.45, 7) is 1.91. The number of nitrogens with zero attached hydrogens (tertiary/aromatic N) is 1. The fourth-order valence-corrected chi connectivity index (χ4v) is 3.45. The molecule has 2 N–H and O–H groups in total. The Hall–Kier alpha value is -2.15. The molecule has 0 amide bonds. The molecule has 0 radical (unpaired) electrons. The Morgan fingerprint density at radius 1 is 0.964 bits per heavy atom. The maximum absolute atomic E-state index is 6.02. The highest BCUT2D eigenvalue weighted by Gasteiger charge is 2.14. The van der Waals surface area contributed by atoms with Gasteiger partial charge in [0, 0.05) is 25.7 Å². The predicted molar refractivity (Wildman–Crippen MR) is 112 cm³/mol. The van der Waals surface area contributed by atoms with Crippen LogP contribution in [-0.2, 0) is 11.3 Å². The molecular weight excluding hydrogens is 358 g/mol. The first kappa shape index (κ1) is 22.1. The largest absolute Gasteiger partial charge is 0.496 e. The maximum atomic E-state index is 6.02. The van der Waals surface area contributed by atoms with Gasteiger partial charge in [0.1, 0.15) is 17.2 Å². The van der Waals surface area contributed by atoms with Crippen molar-refractivity contribution in [2.24, 2.45) is 4.99 Å². The Labute approximate surface area is 168 Å². The van der Waals surface area contributed by atoms with Gasteiger partial charge in [0.05, 0.1) is 46.1 Å². The van der Waals surface area contributed by atoms with Gasteiger partial charge in [-0.3, -0.25) is 4.99 Å². The summed E-state index contributed by atoms with van der Waals surface area (Å²) in [6.07, 6.45) is 8.03. The minimum atomic E-state index is 0.409. The topological polar surface area (TPSA) is 73.3 Å². The van der Waals surface area contributed by atoms with Crippen molar-refractivity contribution in [3.05, 3.63) is 17.7 Å². The summed E-state index contributed by atoms with van der Waals surface area (Å²) in [5.74, 6) is 2.81. The first-order chi connectivity index (χ1) is 13.7. The summed E-state index contributed by atoms with van der Waals surface area (Å²) < 4.78 is 22.3. The van der Waals surface area contributed by atoms with Crippen molar-refractivity contribution in [3.63, 3.8) is 0 Å². The summed E-state index contributed by atoms with van der Waals surface area (Å²) >= 11 is 0. The molecule has 1 fully saturated rings. The zero-order chi connectivity index (χ0) is 20.2. The number of methoxy groups -OCH3 is 3. The van der Waals surface area contributed by atoms with E-state index in [-0.39, 0.29) is 0 Å². The van der Waals surface area contributed by atoms with E-state index in [0.717, 1.165) is 5.56 Å². The van der Waals surface area contributed by atoms with E-state index < -0.39 is 0 Å².